The fourth-order valence-electron chi connectivity index (χ4n) is 2.49. The topological polar surface area (TPSA) is 18.5 Å². The first-order chi connectivity index (χ1) is 6.86. The van der Waals surface area contributed by atoms with E-state index in [1.165, 1.54) is 58.7 Å². The Morgan fingerprint density at radius 2 is 1.93 bits per heavy atom. The number of hydrogen-bond acceptors (Lipinski definition) is 3. The Labute approximate surface area is 87.4 Å². The van der Waals surface area contributed by atoms with Crippen LogP contribution in [0, 0.1) is 0 Å². The molecular weight excluding hydrogens is 174 g/mol. The molecule has 2 fully saturated rings. The van der Waals surface area contributed by atoms with E-state index < -0.39 is 0 Å². The summed E-state index contributed by atoms with van der Waals surface area (Å²) in [5.41, 5.74) is 0. The Morgan fingerprint density at radius 3 is 2.64 bits per heavy atom. The Hall–Kier alpha value is -0.120. The number of nitrogens with one attached hydrogen (secondary N) is 1. The van der Waals surface area contributed by atoms with Crippen LogP contribution in [0.4, 0.5) is 0 Å². The van der Waals surface area contributed by atoms with Crippen molar-refractivity contribution < 1.29 is 0 Å². The minimum atomic E-state index is 0.728. The predicted molar refractivity (Wildman–Crippen MR) is 59.6 cm³/mol. The molecule has 1 N–H and O–H groups in total. The molecule has 0 aromatic rings. The minimum absolute atomic E-state index is 0.728. The second kappa shape index (κ2) is 5.10. The zero-order valence-electron chi connectivity index (χ0n) is 9.34. The first kappa shape index (κ1) is 10.4. The lowest BCUT2D eigenvalue weighted by Gasteiger charge is -2.34. The maximum absolute atomic E-state index is 3.44. The van der Waals surface area contributed by atoms with Crippen molar-refractivity contribution in [2.45, 2.75) is 25.8 Å². The summed E-state index contributed by atoms with van der Waals surface area (Å²) >= 11 is 0. The van der Waals surface area contributed by atoms with E-state index in [1.54, 1.807) is 0 Å². The molecule has 82 valence electrons. The van der Waals surface area contributed by atoms with E-state index in [0.717, 1.165) is 6.04 Å². The molecular formula is C11H23N3. The van der Waals surface area contributed by atoms with Gasteiger partial charge < -0.3 is 10.2 Å². The van der Waals surface area contributed by atoms with Gasteiger partial charge in [0.2, 0.25) is 0 Å². The Kier molecular flexibility index (Phi) is 3.79. The van der Waals surface area contributed by atoms with Crippen LogP contribution in [0.2, 0.25) is 0 Å². The molecule has 0 aromatic carbocycles. The molecule has 3 heteroatoms. The van der Waals surface area contributed by atoms with Gasteiger partial charge in [-0.05, 0) is 32.9 Å². The summed E-state index contributed by atoms with van der Waals surface area (Å²) in [6.45, 7) is 11.1. The Morgan fingerprint density at radius 1 is 1.14 bits per heavy atom. The number of rotatable bonds is 3. The predicted octanol–water partition coefficient (Wildman–Crippen LogP) is 0.376. The van der Waals surface area contributed by atoms with E-state index >= 15 is 0 Å². The molecule has 0 radical (unpaired) electrons. The van der Waals surface area contributed by atoms with Crippen LogP contribution in [0.5, 0.6) is 0 Å². The quantitative estimate of drug-likeness (QED) is 0.705. The van der Waals surface area contributed by atoms with Crippen LogP contribution in [0.3, 0.4) is 0 Å². The van der Waals surface area contributed by atoms with E-state index in [9.17, 15) is 0 Å². The van der Waals surface area contributed by atoms with Gasteiger partial charge in [0.25, 0.3) is 0 Å². The van der Waals surface area contributed by atoms with Crippen LogP contribution >= 0.6 is 0 Å². The first-order valence-electron chi connectivity index (χ1n) is 6.03. The van der Waals surface area contributed by atoms with Crippen molar-refractivity contribution in [3.63, 3.8) is 0 Å². The second-order valence-electron chi connectivity index (χ2n) is 4.64. The lowest BCUT2D eigenvalue weighted by atomic mass is 10.2. The van der Waals surface area contributed by atoms with Crippen LogP contribution in [0.15, 0.2) is 0 Å². The zero-order chi connectivity index (χ0) is 9.80. The number of piperazine rings is 1. The fourth-order valence-corrected chi connectivity index (χ4v) is 2.49. The van der Waals surface area contributed by atoms with Gasteiger partial charge in [-0.15, -0.1) is 0 Å². The maximum atomic E-state index is 3.44. The highest BCUT2D eigenvalue weighted by Crippen LogP contribution is 2.08. The summed E-state index contributed by atoms with van der Waals surface area (Å²) < 4.78 is 0. The van der Waals surface area contributed by atoms with E-state index in [4.69, 9.17) is 0 Å². The van der Waals surface area contributed by atoms with Gasteiger partial charge in [-0.3, -0.25) is 4.90 Å². The fraction of sp³-hybridized carbons (Fsp3) is 1.00. The molecule has 1 unspecified atom stereocenters. The Balaban J connectivity index is 1.67. The van der Waals surface area contributed by atoms with Crippen molar-refractivity contribution in [2.75, 3.05) is 45.8 Å². The molecule has 2 aliphatic rings. The van der Waals surface area contributed by atoms with Crippen LogP contribution in [0.1, 0.15) is 19.8 Å². The molecule has 2 saturated heterocycles. The summed E-state index contributed by atoms with van der Waals surface area (Å²) in [5.74, 6) is 0. The van der Waals surface area contributed by atoms with Crippen molar-refractivity contribution in [3.05, 3.63) is 0 Å². The molecule has 0 aromatic heterocycles. The third-order valence-corrected chi connectivity index (χ3v) is 3.54. The molecule has 3 nitrogen and oxygen atoms in total. The third-order valence-electron chi connectivity index (χ3n) is 3.54. The van der Waals surface area contributed by atoms with Gasteiger partial charge in [0.15, 0.2) is 0 Å². The van der Waals surface area contributed by atoms with E-state index in [2.05, 4.69) is 22.0 Å². The maximum Gasteiger partial charge on any atom is 0.0193 e. The van der Waals surface area contributed by atoms with E-state index in [0.29, 0.717) is 0 Å². The van der Waals surface area contributed by atoms with Gasteiger partial charge in [0.1, 0.15) is 0 Å². The molecule has 14 heavy (non-hydrogen) atoms. The summed E-state index contributed by atoms with van der Waals surface area (Å²) in [6, 6.07) is 0.728. The van der Waals surface area contributed by atoms with Crippen LogP contribution in [-0.2, 0) is 0 Å². The van der Waals surface area contributed by atoms with E-state index in [-0.39, 0.29) is 0 Å². The van der Waals surface area contributed by atoms with Crippen molar-refractivity contribution in [1.29, 1.82) is 0 Å². The van der Waals surface area contributed by atoms with Crippen LogP contribution < -0.4 is 5.32 Å². The molecule has 0 spiro atoms. The monoisotopic (exact) mass is 197 g/mol. The van der Waals surface area contributed by atoms with Crippen LogP contribution in [-0.4, -0.2) is 61.7 Å². The van der Waals surface area contributed by atoms with E-state index in [1.807, 2.05) is 0 Å². The summed E-state index contributed by atoms with van der Waals surface area (Å²) in [5, 5.41) is 3.44. The lowest BCUT2D eigenvalue weighted by molar-refractivity contribution is 0.153. The van der Waals surface area contributed by atoms with Crippen molar-refractivity contribution in [3.8, 4) is 0 Å². The molecule has 2 aliphatic heterocycles. The van der Waals surface area contributed by atoms with Crippen molar-refractivity contribution >= 4 is 0 Å². The molecule has 0 bridgehead atoms. The van der Waals surface area contributed by atoms with Gasteiger partial charge in [-0.1, -0.05) is 0 Å². The molecule has 0 saturated carbocycles. The highest BCUT2D eigenvalue weighted by molar-refractivity contribution is 4.77. The summed E-state index contributed by atoms with van der Waals surface area (Å²) in [4.78, 5) is 5.23. The SMILES string of the molecule is CC1CNCCN1CCN1CCCC1. The van der Waals surface area contributed by atoms with Gasteiger partial charge in [0, 0.05) is 38.8 Å². The van der Waals surface area contributed by atoms with Gasteiger partial charge in [0.05, 0.1) is 0 Å². The lowest BCUT2D eigenvalue weighted by Crippen LogP contribution is -2.51. The first-order valence-corrected chi connectivity index (χ1v) is 6.03. The summed E-state index contributed by atoms with van der Waals surface area (Å²) in [7, 11) is 0. The van der Waals surface area contributed by atoms with Crippen molar-refractivity contribution in [2.24, 2.45) is 0 Å². The van der Waals surface area contributed by atoms with Gasteiger partial charge >= 0.3 is 0 Å². The Bertz CT molecular complexity index is 166. The number of nitrogens with zero attached hydrogens (tertiary/aromatic N) is 2. The van der Waals surface area contributed by atoms with Crippen LogP contribution in [0.25, 0.3) is 0 Å². The summed E-state index contributed by atoms with van der Waals surface area (Å²) in [6.07, 6.45) is 2.83. The second-order valence-corrected chi connectivity index (χ2v) is 4.64. The third kappa shape index (κ3) is 2.69. The highest BCUT2D eigenvalue weighted by atomic mass is 15.2. The number of likely N-dealkylation sites (tertiary alicyclic amines) is 1. The molecule has 0 amide bonds. The molecule has 2 heterocycles. The molecule has 0 aliphatic carbocycles. The molecule has 1 atom stereocenters. The largest absolute Gasteiger partial charge is 0.314 e. The van der Waals surface area contributed by atoms with Gasteiger partial charge in [-0.25, -0.2) is 0 Å². The molecule has 2 rings (SSSR count). The minimum Gasteiger partial charge on any atom is -0.314 e. The smallest absolute Gasteiger partial charge is 0.0193 e. The van der Waals surface area contributed by atoms with Crippen molar-refractivity contribution in [1.82, 2.24) is 15.1 Å². The standard InChI is InChI=1S/C11H23N3/c1-11-10-12-4-7-14(11)9-8-13-5-2-3-6-13/h11-12H,2-10H2,1H3. The average molecular weight is 197 g/mol. The number of hydrogen-bond donors (Lipinski definition) is 1. The normalized spacial score (nSPS) is 31.1. The van der Waals surface area contributed by atoms with Gasteiger partial charge in [-0.2, -0.15) is 0 Å². The highest BCUT2D eigenvalue weighted by Gasteiger charge is 2.19. The average Bonchev–Trinajstić information content (AvgIpc) is 2.69. The zero-order valence-corrected chi connectivity index (χ0v) is 9.34.